The van der Waals surface area contributed by atoms with Crippen molar-refractivity contribution in [2.75, 3.05) is 26.2 Å². The molecule has 0 fully saturated rings. The third-order valence-electron chi connectivity index (χ3n) is 2.64. The van der Waals surface area contributed by atoms with E-state index in [2.05, 4.69) is 5.32 Å². The van der Waals surface area contributed by atoms with Crippen LogP contribution in [0.15, 0.2) is 0 Å². The molecule has 0 aromatic rings. The number of carbonyl (C=O) groups is 3. The van der Waals surface area contributed by atoms with Gasteiger partial charge >= 0.3 is 18.0 Å². The second-order valence-electron chi connectivity index (χ2n) is 3.95. The van der Waals surface area contributed by atoms with Crippen LogP contribution in [0.1, 0.15) is 27.2 Å². The number of likely N-dealkylation sites (N-methyl/N-ethyl adjacent to an activating group) is 1. The molecule has 2 N–H and O–H groups in total. The van der Waals surface area contributed by atoms with Crippen LogP contribution in [0.5, 0.6) is 0 Å². The topological polar surface area (TPSA) is 95.9 Å². The van der Waals surface area contributed by atoms with E-state index in [4.69, 9.17) is 9.84 Å². The lowest BCUT2D eigenvalue weighted by molar-refractivity contribution is -0.144. The van der Waals surface area contributed by atoms with Crippen molar-refractivity contribution in [2.45, 2.75) is 27.2 Å². The Bertz CT molecular complexity index is 319. The Morgan fingerprint density at radius 2 is 1.89 bits per heavy atom. The van der Waals surface area contributed by atoms with Crippen LogP contribution in [-0.4, -0.2) is 54.2 Å². The zero-order valence-electron chi connectivity index (χ0n) is 11.6. The number of ether oxygens (including phenoxy) is 1. The molecule has 2 amide bonds. The summed E-state index contributed by atoms with van der Waals surface area (Å²) < 4.78 is 4.75. The van der Waals surface area contributed by atoms with Gasteiger partial charge in [0.2, 0.25) is 0 Å². The summed E-state index contributed by atoms with van der Waals surface area (Å²) in [7, 11) is 0. The molecule has 0 radical (unpaired) electrons. The zero-order chi connectivity index (χ0) is 14.8. The molecule has 0 spiro atoms. The molecule has 0 aliphatic carbocycles. The predicted molar refractivity (Wildman–Crippen MR) is 68.7 cm³/mol. The summed E-state index contributed by atoms with van der Waals surface area (Å²) in [5, 5.41) is 11.4. The highest BCUT2D eigenvalue weighted by Crippen LogP contribution is 2.01. The highest BCUT2D eigenvalue weighted by atomic mass is 16.5. The second-order valence-corrected chi connectivity index (χ2v) is 3.95. The van der Waals surface area contributed by atoms with Crippen molar-refractivity contribution in [3.63, 3.8) is 0 Å². The lowest BCUT2D eigenvalue weighted by atomic mass is 10.1. The van der Waals surface area contributed by atoms with E-state index in [0.29, 0.717) is 13.0 Å². The maximum absolute atomic E-state index is 11.8. The van der Waals surface area contributed by atoms with E-state index in [-0.39, 0.29) is 19.7 Å². The summed E-state index contributed by atoms with van der Waals surface area (Å²) >= 11 is 0. The molecule has 0 saturated carbocycles. The van der Waals surface area contributed by atoms with Gasteiger partial charge in [-0.2, -0.15) is 0 Å². The van der Waals surface area contributed by atoms with E-state index in [9.17, 15) is 14.4 Å². The Morgan fingerprint density at radius 1 is 1.26 bits per heavy atom. The van der Waals surface area contributed by atoms with Gasteiger partial charge in [0.1, 0.15) is 6.54 Å². The number of aliphatic carboxylic acids is 1. The minimum absolute atomic E-state index is 0.0456. The molecule has 0 heterocycles. The number of hydrogen-bond donors (Lipinski definition) is 2. The van der Waals surface area contributed by atoms with E-state index in [1.165, 1.54) is 4.90 Å². The molecule has 110 valence electrons. The van der Waals surface area contributed by atoms with Crippen molar-refractivity contribution in [1.29, 1.82) is 0 Å². The summed E-state index contributed by atoms with van der Waals surface area (Å²) in [6, 6.07) is -0.463. The van der Waals surface area contributed by atoms with Crippen LogP contribution in [0.2, 0.25) is 0 Å². The first kappa shape index (κ1) is 17.2. The van der Waals surface area contributed by atoms with Crippen molar-refractivity contribution in [1.82, 2.24) is 10.2 Å². The molecule has 0 saturated heterocycles. The van der Waals surface area contributed by atoms with Crippen molar-refractivity contribution < 1.29 is 24.2 Å². The molecule has 0 aromatic carbocycles. The van der Waals surface area contributed by atoms with Gasteiger partial charge < -0.3 is 20.1 Å². The molecule has 0 aliphatic heterocycles. The maximum Gasteiger partial charge on any atom is 0.325 e. The molecule has 19 heavy (non-hydrogen) atoms. The third kappa shape index (κ3) is 6.64. The SMILES string of the molecule is CCOC(=O)CN(CC)C(=O)NCC(CC)C(=O)O. The molecule has 0 aromatic heterocycles. The number of urea groups is 1. The number of esters is 1. The van der Waals surface area contributed by atoms with Gasteiger partial charge in [-0.15, -0.1) is 0 Å². The van der Waals surface area contributed by atoms with Gasteiger partial charge in [-0.1, -0.05) is 6.92 Å². The smallest absolute Gasteiger partial charge is 0.325 e. The predicted octanol–water partition coefficient (Wildman–Crippen LogP) is 0.692. The number of nitrogens with zero attached hydrogens (tertiary/aromatic N) is 1. The monoisotopic (exact) mass is 274 g/mol. The first-order valence-electron chi connectivity index (χ1n) is 6.37. The van der Waals surface area contributed by atoms with Gasteiger partial charge in [-0.25, -0.2) is 4.79 Å². The first-order valence-corrected chi connectivity index (χ1v) is 6.37. The van der Waals surface area contributed by atoms with Crippen molar-refractivity contribution in [2.24, 2.45) is 5.92 Å². The summed E-state index contributed by atoms with van der Waals surface area (Å²) in [4.78, 5) is 35.1. The second kappa shape index (κ2) is 9.18. The molecule has 7 heteroatoms. The van der Waals surface area contributed by atoms with E-state index >= 15 is 0 Å². The average molecular weight is 274 g/mol. The number of amides is 2. The number of carbonyl (C=O) groups excluding carboxylic acids is 2. The standard InChI is InChI=1S/C12H22N2O5/c1-4-9(11(16)17)7-13-12(18)14(5-2)8-10(15)19-6-3/h9H,4-8H2,1-3H3,(H,13,18)(H,16,17). The fraction of sp³-hybridized carbons (Fsp3) is 0.750. The fourth-order valence-electron chi connectivity index (χ4n) is 1.42. The van der Waals surface area contributed by atoms with Gasteiger partial charge in [0, 0.05) is 13.1 Å². The summed E-state index contributed by atoms with van der Waals surface area (Å²) in [6.07, 6.45) is 0.430. The summed E-state index contributed by atoms with van der Waals surface area (Å²) in [5.41, 5.74) is 0. The van der Waals surface area contributed by atoms with Gasteiger partial charge in [0.15, 0.2) is 0 Å². The maximum atomic E-state index is 11.8. The Balaban J connectivity index is 4.28. The molecule has 0 rings (SSSR count). The third-order valence-corrected chi connectivity index (χ3v) is 2.64. The summed E-state index contributed by atoms with van der Waals surface area (Å²) in [6.45, 7) is 5.66. The quantitative estimate of drug-likeness (QED) is 0.635. The van der Waals surface area contributed by atoms with E-state index in [0.717, 1.165) is 0 Å². The first-order chi connectivity index (χ1) is 8.96. The Labute approximate surface area is 112 Å². The number of carboxylic acid groups (broad SMARTS) is 1. The van der Waals surface area contributed by atoms with E-state index in [1.807, 2.05) is 0 Å². The van der Waals surface area contributed by atoms with Crippen molar-refractivity contribution in [3.8, 4) is 0 Å². The van der Waals surface area contributed by atoms with Gasteiger partial charge in [0.05, 0.1) is 12.5 Å². The van der Waals surface area contributed by atoms with Crippen LogP contribution >= 0.6 is 0 Å². The highest BCUT2D eigenvalue weighted by Gasteiger charge is 2.19. The van der Waals surface area contributed by atoms with Crippen molar-refractivity contribution >= 4 is 18.0 Å². The zero-order valence-corrected chi connectivity index (χ0v) is 11.6. The van der Waals surface area contributed by atoms with Crippen LogP contribution in [-0.2, 0) is 14.3 Å². The average Bonchev–Trinajstić information content (AvgIpc) is 2.36. The number of nitrogens with one attached hydrogen (secondary N) is 1. The van der Waals surface area contributed by atoms with Gasteiger partial charge in [0.25, 0.3) is 0 Å². The lowest BCUT2D eigenvalue weighted by Crippen LogP contribution is -2.45. The molecular weight excluding hydrogens is 252 g/mol. The number of rotatable bonds is 8. The van der Waals surface area contributed by atoms with Crippen LogP contribution < -0.4 is 5.32 Å². The lowest BCUT2D eigenvalue weighted by Gasteiger charge is -2.21. The normalized spacial score (nSPS) is 11.5. The fourth-order valence-corrected chi connectivity index (χ4v) is 1.42. The van der Waals surface area contributed by atoms with Crippen LogP contribution in [0.4, 0.5) is 4.79 Å². The van der Waals surface area contributed by atoms with Crippen molar-refractivity contribution in [3.05, 3.63) is 0 Å². The molecular formula is C12H22N2O5. The minimum Gasteiger partial charge on any atom is -0.481 e. The Morgan fingerprint density at radius 3 is 2.32 bits per heavy atom. The Hall–Kier alpha value is -1.79. The molecule has 7 nitrogen and oxygen atoms in total. The number of hydrogen-bond acceptors (Lipinski definition) is 4. The van der Waals surface area contributed by atoms with Gasteiger partial charge in [-0.05, 0) is 20.3 Å². The van der Waals surface area contributed by atoms with E-state index < -0.39 is 23.9 Å². The van der Waals surface area contributed by atoms with E-state index in [1.54, 1.807) is 20.8 Å². The van der Waals surface area contributed by atoms with Crippen LogP contribution in [0.25, 0.3) is 0 Å². The molecule has 0 aliphatic rings. The van der Waals surface area contributed by atoms with Crippen LogP contribution in [0.3, 0.4) is 0 Å². The minimum atomic E-state index is -0.948. The number of carboxylic acids is 1. The Kier molecular flexibility index (Phi) is 8.32. The van der Waals surface area contributed by atoms with Gasteiger partial charge in [-0.3, -0.25) is 9.59 Å². The largest absolute Gasteiger partial charge is 0.481 e. The molecule has 1 unspecified atom stereocenters. The molecule has 0 bridgehead atoms. The molecule has 1 atom stereocenters. The highest BCUT2D eigenvalue weighted by molar-refractivity contribution is 5.81. The van der Waals surface area contributed by atoms with Crippen LogP contribution in [0, 0.1) is 5.92 Å². The summed E-state index contributed by atoms with van der Waals surface area (Å²) in [5.74, 6) is -2.05.